The van der Waals surface area contributed by atoms with Gasteiger partial charge in [-0.3, -0.25) is 4.68 Å². The molecule has 0 fully saturated rings. The van der Waals surface area contributed by atoms with Gasteiger partial charge in [0, 0.05) is 6.04 Å². The lowest BCUT2D eigenvalue weighted by atomic mass is 10.1. The Hall–Kier alpha value is -1.52. The molecular weight excluding hydrogens is 262 g/mol. The van der Waals surface area contributed by atoms with E-state index >= 15 is 0 Å². The number of rotatable bonds is 5. The molecule has 0 radical (unpaired) electrons. The van der Waals surface area contributed by atoms with Gasteiger partial charge in [-0.1, -0.05) is 23.7 Å². The number of hydrogen-bond acceptors (Lipinski definition) is 3. The summed E-state index contributed by atoms with van der Waals surface area (Å²) in [4.78, 5) is 0. The molecule has 2 rings (SSSR count). The maximum Gasteiger partial charge on any atom is 0.119 e. The highest BCUT2D eigenvalue weighted by Gasteiger charge is 2.10. The van der Waals surface area contributed by atoms with Gasteiger partial charge >= 0.3 is 0 Å². The van der Waals surface area contributed by atoms with Gasteiger partial charge in [0.25, 0.3) is 0 Å². The third kappa shape index (κ3) is 3.28. The lowest BCUT2D eigenvalue weighted by Gasteiger charge is -2.14. The van der Waals surface area contributed by atoms with Crippen molar-refractivity contribution in [3.05, 3.63) is 46.7 Å². The Bertz CT molecular complexity index is 536. The van der Waals surface area contributed by atoms with Gasteiger partial charge in [0.1, 0.15) is 5.75 Å². The number of halogens is 1. The second-order valence-corrected chi connectivity index (χ2v) is 4.78. The molecule has 0 aliphatic heterocycles. The molecule has 2 aromatic rings. The molecule has 1 aromatic heterocycles. The van der Waals surface area contributed by atoms with E-state index in [1.165, 1.54) is 0 Å². The average Bonchev–Trinajstić information content (AvgIpc) is 2.72. The highest BCUT2D eigenvalue weighted by molar-refractivity contribution is 6.31. The zero-order valence-electron chi connectivity index (χ0n) is 11.1. The predicted molar refractivity (Wildman–Crippen MR) is 76.5 cm³/mol. The predicted octanol–water partition coefficient (Wildman–Crippen LogP) is 2.94. The third-order valence-electron chi connectivity index (χ3n) is 3.03. The minimum absolute atomic E-state index is 0.120. The molecule has 0 aliphatic carbocycles. The number of nitrogens with two attached hydrogens (primary N) is 1. The van der Waals surface area contributed by atoms with Crippen molar-refractivity contribution in [2.24, 2.45) is 5.73 Å². The molecule has 0 saturated heterocycles. The molecule has 0 saturated carbocycles. The van der Waals surface area contributed by atoms with Gasteiger partial charge in [-0.05, 0) is 31.5 Å². The Kier molecular flexibility index (Phi) is 4.45. The number of ether oxygens (including phenoxy) is 1. The van der Waals surface area contributed by atoms with Gasteiger partial charge in [0.05, 0.1) is 30.1 Å². The molecular formula is C14H18ClN3O. The first-order valence-electron chi connectivity index (χ1n) is 6.28. The van der Waals surface area contributed by atoms with Gasteiger partial charge in [0.2, 0.25) is 0 Å². The van der Waals surface area contributed by atoms with Crippen LogP contribution >= 0.6 is 11.6 Å². The molecule has 1 heterocycles. The largest absolute Gasteiger partial charge is 0.494 e. The van der Waals surface area contributed by atoms with E-state index in [1.54, 1.807) is 6.20 Å². The smallest absolute Gasteiger partial charge is 0.119 e. The highest BCUT2D eigenvalue weighted by Crippen LogP contribution is 2.20. The van der Waals surface area contributed by atoms with Crippen molar-refractivity contribution < 1.29 is 4.74 Å². The van der Waals surface area contributed by atoms with Crippen LogP contribution < -0.4 is 10.5 Å². The SMILES string of the molecule is CCOc1ccc(C(N)Cn2ncc(Cl)c2C)cc1. The lowest BCUT2D eigenvalue weighted by Crippen LogP contribution is -2.19. The Labute approximate surface area is 118 Å². The van der Waals surface area contributed by atoms with E-state index in [0.29, 0.717) is 18.2 Å². The summed E-state index contributed by atoms with van der Waals surface area (Å²) in [5, 5.41) is 4.87. The summed E-state index contributed by atoms with van der Waals surface area (Å²) in [7, 11) is 0. The van der Waals surface area contributed by atoms with E-state index in [0.717, 1.165) is 17.0 Å². The summed E-state index contributed by atoms with van der Waals surface area (Å²) in [5.74, 6) is 0.858. The van der Waals surface area contributed by atoms with Crippen LogP contribution in [0.2, 0.25) is 5.02 Å². The second kappa shape index (κ2) is 6.08. The fraction of sp³-hybridized carbons (Fsp3) is 0.357. The Morgan fingerprint density at radius 3 is 2.58 bits per heavy atom. The van der Waals surface area contributed by atoms with Crippen LogP contribution in [0.1, 0.15) is 24.2 Å². The van der Waals surface area contributed by atoms with Crippen molar-refractivity contribution >= 4 is 11.6 Å². The van der Waals surface area contributed by atoms with Crippen molar-refractivity contribution in [3.63, 3.8) is 0 Å². The van der Waals surface area contributed by atoms with Crippen LogP contribution in [0, 0.1) is 6.92 Å². The highest BCUT2D eigenvalue weighted by atomic mass is 35.5. The average molecular weight is 280 g/mol. The van der Waals surface area contributed by atoms with Crippen LogP contribution in [0.4, 0.5) is 0 Å². The molecule has 0 bridgehead atoms. The van der Waals surface area contributed by atoms with E-state index in [1.807, 2.05) is 42.8 Å². The standard InChI is InChI=1S/C14H18ClN3O/c1-3-19-12-6-4-11(5-7-12)14(16)9-18-10(2)13(15)8-17-18/h4-8,14H,3,9,16H2,1-2H3. The molecule has 1 aromatic carbocycles. The summed E-state index contributed by atoms with van der Waals surface area (Å²) in [5.41, 5.74) is 8.17. The molecule has 0 aliphatic rings. The number of nitrogens with zero attached hydrogens (tertiary/aromatic N) is 2. The molecule has 5 heteroatoms. The van der Waals surface area contributed by atoms with Crippen LogP contribution in [0.3, 0.4) is 0 Å². The summed E-state index contributed by atoms with van der Waals surface area (Å²) in [6.45, 7) is 5.16. The Morgan fingerprint density at radius 2 is 2.05 bits per heavy atom. The van der Waals surface area contributed by atoms with Crippen molar-refractivity contribution in [2.75, 3.05) is 6.61 Å². The Balaban J connectivity index is 2.07. The monoisotopic (exact) mass is 279 g/mol. The van der Waals surface area contributed by atoms with Gasteiger partial charge in [-0.25, -0.2) is 0 Å². The molecule has 19 heavy (non-hydrogen) atoms. The van der Waals surface area contributed by atoms with E-state index in [2.05, 4.69) is 5.10 Å². The Morgan fingerprint density at radius 1 is 1.37 bits per heavy atom. The first-order chi connectivity index (χ1) is 9.11. The van der Waals surface area contributed by atoms with Gasteiger partial charge in [-0.15, -0.1) is 0 Å². The van der Waals surface area contributed by atoms with E-state index in [-0.39, 0.29) is 6.04 Å². The van der Waals surface area contributed by atoms with Crippen molar-refractivity contribution in [3.8, 4) is 5.75 Å². The van der Waals surface area contributed by atoms with Crippen molar-refractivity contribution in [1.82, 2.24) is 9.78 Å². The summed E-state index contributed by atoms with van der Waals surface area (Å²) >= 11 is 5.97. The van der Waals surface area contributed by atoms with Gasteiger partial charge in [0.15, 0.2) is 0 Å². The van der Waals surface area contributed by atoms with E-state index in [4.69, 9.17) is 22.1 Å². The minimum atomic E-state index is -0.120. The summed E-state index contributed by atoms with van der Waals surface area (Å²) < 4.78 is 7.23. The first kappa shape index (κ1) is 13.9. The normalized spacial score (nSPS) is 12.4. The molecule has 0 spiro atoms. The minimum Gasteiger partial charge on any atom is -0.494 e. The first-order valence-corrected chi connectivity index (χ1v) is 6.66. The summed E-state index contributed by atoms with van der Waals surface area (Å²) in [6.07, 6.45) is 1.64. The second-order valence-electron chi connectivity index (χ2n) is 4.37. The van der Waals surface area contributed by atoms with E-state index in [9.17, 15) is 0 Å². The van der Waals surface area contributed by atoms with Crippen molar-refractivity contribution in [2.45, 2.75) is 26.4 Å². The number of aromatic nitrogens is 2. The molecule has 1 atom stereocenters. The van der Waals surface area contributed by atoms with Crippen LogP contribution in [-0.2, 0) is 6.54 Å². The molecule has 102 valence electrons. The topological polar surface area (TPSA) is 53.1 Å². The quantitative estimate of drug-likeness (QED) is 0.915. The molecule has 0 amide bonds. The fourth-order valence-electron chi connectivity index (χ4n) is 1.88. The maximum atomic E-state index is 6.18. The molecule has 1 unspecified atom stereocenters. The zero-order valence-corrected chi connectivity index (χ0v) is 11.9. The number of benzene rings is 1. The summed E-state index contributed by atoms with van der Waals surface area (Å²) in [6, 6.07) is 7.71. The molecule has 2 N–H and O–H groups in total. The van der Waals surface area contributed by atoms with Crippen LogP contribution in [0.5, 0.6) is 5.75 Å². The lowest BCUT2D eigenvalue weighted by molar-refractivity contribution is 0.340. The van der Waals surface area contributed by atoms with Gasteiger partial charge < -0.3 is 10.5 Å². The third-order valence-corrected chi connectivity index (χ3v) is 3.40. The molecule has 4 nitrogen and oxygen atoms in total. The van der Waals surface area contributed by atoms with Crippen molar-refractivity contribution in [1.29, 1.82) is 0 Å². The van der Waals surface area contributed by atoms with Crippen LogP contribution in [0.15, 0.2) is 30.5 Å². The number of hydrogen-bond donors (Lipinski definition) is 1. The van der Waals surface area contributed by atoms with Gasteiger partial charge in [-0.2, -0.15) is 5.10 Å². The van der Waals surface area contributed by atoms with Crippen LogP contribution in [0.25, 0.3) is 0 Å². The van der Waals surface area contributed by atoms with Crippen LogP contribution in [-0.4, -0.2) is 16.4 Å². The fourth-order valence-corrected chi connectivity index (χ4v) is 2.02. The maximum absolute atomic E-state index is 6.18. The van der Waals surface area contributed by atoms with E-state index < -0.39 is 0 Å². The zero-order chi connectivity index (χ0) is 13.8.